The second kappa shape index (κ2) is 4.81. The normalized spacial score (nSPS) is 11.9. The van der Waals surface area contributed by atoms with Gasteiger partial charge < -0.3 is 10.2 Å². The highest BCUT2D eigenvalue weighted by Crippen LogP contribution is 2.15. The van der Waals surface area contributed by atoms with Crippen LogP contribution in [0.3, 0.4) is 0 Å². The van der Waals surface area contributed by atoms with E-state index in [0.717, 1.165) is 0 Å². The second-order valence-corrected chi connectivity index (χ2v) is 3.58. The van der Waals surface area contributed by atoms with Gasteiger partial charge in [0.1, 0.15) is 11.3 Å². The number of hydrogen-bond donors (Lipinski definition) is 3. The zero-order valence-electron chi connectivity index (χ0n) is 8.49. The molecule has 0 fully saturated rings. The molecule has 0 aliphatic rings. The molecule has 84 valence electrons. The molecule has 0 aliphatic carbocycles. The second-order valence-electron chi connectivity index (χ2n) is 3.15. The van der Waals surface area contributed by atoms with Crippen LogP contribution >= 0.6 is 11.6 Å². The molecule has 16 heavy (non-hydrogen) atoms. The molecule has 1 aromatic rings. The molecule has 5 heteroatoms. The van der Waals surface area contributed by atoms with Crippen LogP contribution in [0.2, 0.25) is 5.02 Å². The average Bonchev–Trinajstić information content (AvgIpc) is 2.17. The van der Waals surface area contributed by atoms with Gasteiger partial charge in [-0.25, -0.2) is 4.79 Å². The van der Waals surface area contributed by atoms with Gasteiger partial charge in [0, 0.05) is 10.6 Å². The summed E-state index contributed by atoms with van der Waals surface area (Å²) in [6.07, 6.45) is 0. The van der Waals surface area contributed by atoms with Gasteiger partial charge in [0.2, 0.25) is 0 Å². The highest BCUT2D eigenvalue weighted by molar-refractivity contribution is 6.31. The number of aliphatic carboxylic acids is 1. The molecule has 0 bridgehead atoms. The van der Waals surface area contributed by atoms with Crippen molar-refractivity contribution in [3.05, 3.63) is 46.2 Å². The van der Waals surface area contributed by atoms with E-state index in [9.17, 15) is 9.90 Å². The van der Waals surface area contributed by atoms with Crippen LogP contribution in [0, 0.1) is 5.41 Å². The van der Waals surface area contributed by atoms with Crippen molar-refractivity contribution in [3.63, 3.8) is 0 Å². The number of rotatable bonds is 3. The van der Waals surface area contributed by atoms with Gasteiger partial charge in [-0.05, 0) is 19.1 Å². The molecule has 0 aromatic heterocycles. The molecule has 0 heterocycles. The summed E-state index contributed by atoms with van der Waals surface area (Å²) < 4.78 is 0. The molecule has 4 nitrogen and oxygen atoms in total. The van der Waals surface area contributed by atoms with E-state index >= 15 is 0 Å². The van der Waals surface area contributed by atoms with Crippen LogP contribution in [0.1, 0.15) is 12.5 Å². The van der Waals surface area contributed by atoms with E-state index in [1.165, 1.54) is 19.1 Å². The molecule has 0 saturated heterocycles. The fourth-order valence-electron chi connectivity index (χ4n) is 1.20. The predicted molar refractivity (Wildman–Crippen MR) is 61.2 cm³/mol. The molecule has 0 unspecified atom stereocenters. The highest BCUT2D eigenvalue weighted by Gasteiger charge is 2.18. The lowest BCUT2D eigenvalue weighted by atomic mass is 10.0. The molecule has 1 rings (SSSR count). The number of aliphatic hydroxyl groups is 1. The van der Waals surface area contributed by atoms with Crippen molar-refractivity contribution >= 4 is 23.3 Å². The Labute approximate surface area is 97.3 Å². The van der Waals surface area contributed by atoms with E-state index in [-0.39, 0.29) is 5.71 Å². The number of allylic oxidation sites excluding steroid dienone is 1. The van der Waals surface area contributed by atoms with Gasteiger partial charge >= 0.3 is 5.97 Å². The van der Waals surface area contributed by atoms with Gasteiger partial charge in [0.05, 0.1) is 5.71 Å². The fourth-order valence-corrected chi connectivity index (χ4v) is 1.33. The number of carbonyl (C=O) groups is 1. The Bertz CT molecular complexity index is 459. The van der Waals surface area contributed by atoms with Gasteiger partial charge in [0.15, 0.2) is 0 Å². The highest BCUT2D eigenvalue weighted by atomic mass is 35.5. The molecular formula is C11H10ClNO3. The minimum atomic E-state index is -1.33. The maximum absolute atomic E-state index is 10.8. The van der Waals surface area contributed by atoms with Gasteiger partial charge in [-0.1, -0.05) is 23.7 Å². The third-order valence-electron chi connectivity index (χ3n) is 1.96. The molecular weight excluding hydrogens is 230 g/mol. The van der Waals surface area contributed by atoms with Crippen LogP contribution in [0.25, 0.3) is 0 Å². The summed E-state index contributed by atoms with van der Waals surface area (Å²) in [6, 6.07) is 6.16. The Morgan fingerprint density at radius 1 is 1.25 bits per heavy atom. The first-order chi connectivity index (χ1) is 7.43. The zero-order valence-corrected chi connectivity index (χ0v) is 9.25. The average molecular weight is 240 g/mol. The van der Waals surface area contributed by atoms with E-state index in [1.54, 1.807) is 12.1 Å². The van der Waals surface area contributed by atoms with Crippen molar-refractivity contribution in [1.82, 2.24) is 0 Å². The lowest BCUT2D eigenvalue weighted by Gasteiger charge is -2.06. The quantitative estimate of drug-likeness (QED) is 0.431. The van der Waals surface area contributed by atoms with Gasteiger partial charge in [-0.2, -0.15) is 0 Å². The molecule has 3 N–H and O–H groups in total. The maximum atomic E-state index is 10.8. The standard InChI is InChI=1S/C11H10ClNO3/c1-6(14)9(11(15)16)10(13)7-2-4-8(12)5-3-7/h2-5,13-14H,1H3,(H,15,16). The van der Waals surface area contributed by atoms with E-state index in [2.05, 4.69) is 0 Å². The number of hydrogen-bond acceptors (Lipinski definition) is 3. The SMILES string of the molecule is CC(O)=C(C(=N)c1ccc(Cl)cc1)C(=O)O. The van der Waals surface area contributed by atoms with Crippen LogP contribution in [0.15, 0.2) is 35.6 Å². The minimum absolute atomic E-state index is 0.246. The summed E-state index contributed by atoms with van der Waals surface area (Å²) in [5, 5.41) is 26.2. The topological polar surface area (TPSA) is 81.4 Å². The molecule has 0 radical (unpaired) electrons. The van der Waals surface area contributed by atoms with Gasteiger partial charge in [-0.3, -0.25) is 5.41 Å². The lowest BCUT2D eigenvalue weighted by Crippen LogP contribution is -2.14. The Hall–Kier alpha value is -1.81. The van der Waals surface area contributed by atoms with Gasteiger partial charge in [0.25, 0.3) is 0 Å². The lowest BCUT2D eigenvalue weighted by molar-refractivity contribution is -0.132. The zero-order chi connectivity index (χ0) is 12.3. The monoisotopic (exact) mass is 239 g/mol. The summed E-state index contributed by atoms with van der Waals surface area (Å²) in [7, 11) is 0. The van der Waals surface area contributed by atoms with E-state index in [0.29, 0.717) is 10.6 Å². The maximum Gasteiger partial charge on any atom is 0.341 e. The molecule has 0 atom stereocenters. The third-order valence-corrected chi connectivity index (χ3v) is 2.21. The van der Waals surface area contributed by atoms with Crippen LogP contribution in [-0.2, 0) is 4.79 Å². The van der Waals surface area contributed by atoms with Crippen LogP contribution in [-0.4, -0.2) is 21.9 Å². The Balaban J connectivity index is 3.16. The molecule has 1 aromatic carbocycles. The number of carboxylic acids is 1. The molecule has 0 spiro atoms. The van der Waals surface area contributed by atoms with Crippen molar-refractivity contribution in [2.45, 2.75) is 6.92 Å². The van der Waals surface area contributed by atoms with Crippen LogP contribution in [0.4, 0.5) is 0 Å². The summed E-state index contributed by atoms with van der Waals surface area (Å²) in [6.45, 7) is 1.23. The van der Waals surface area contributed by atoms with Crippen LogP contribution in [0.5, 0.6) is 0 Å². The van der Waals surface area contributed by atoms with E-state index < -0.39 is 17.3 Å². The summed E-state index contributed by atoms with van der Waals surface area (Å²) in [4.78, 5) is 10.8. The molecule has 0 aliphatic heterocycles. The third kappa shape index (κ3) is 2.61. The smallest absolute Gasteiger partial charge is 0.341 e. The first-order valence-corrected chi connectivity index (χ1v) is 4.79. The first kappa shape index (κ1) is 12.3. The predicted octanol–water partition coefficient (Wildman–Crippen LogP) is 2.62. The number of aliphatic hydroxyl groups excluding tert-OH is 1. The van der Waals surface area contributed by atoms with Crippen molar-refractivity contribution in [2.24, 2.45) is 0 Å². The number of nitrogens with one attached hydrogen (secondary N) is 1. The van der Waals surface area contributed by atoms with Crippen molar-refractivity contribution in [3.8, 4) is 0 Å². The first-order valence-electron chi connectivity index (χ1n) is 4.41. The Kier molecular flexibility index (Phi) is 3.68. The summed E-state index contributed by atoms with van der Waals surface area (Å²) in [5.74, 6) is -1.73. The Morgan fingerprint density at radius 3 is 2.12 bits per heavy atom. The molecule has 0 amide bonds. The fraction of sp³-hybridized carbons (Fsp3) is 0.0909. The van der Waals surface area contributed by atoms with E-state index in [1.807, 2.05) is 0 Å². The van der Waals surface area contributed by atoms with Crippen molar-refractivity contribution in [1.29, 1.82) is 5.41 Å². The van der Waals surface area contributed by atoms with Crippen LogP contribution < -0.4 is 0 Å². The van der Waals surface area contributed by atoms with Gasteiger partial charge in [-0.15, -0.1) is 0 Å². The summed E-state index contributed by atoms with van der Waals surface area (Å²) >= 11 is 5.67. The number of benzene rings is 1. The Morgan fingerprint density at radius 2 is 1.75 bits per heavy atom. The number of halogens is 1. The number of carboxylic acid groups (broad SMARTS) is 1. The van der Waals surface area contributed by atoms with Crippen molar-refractivity contribution < 1.29 is 15.0 Å². The molecule has 0 saturated carbocycles. The van der Waals surface area contributed by atoms with E-state index in [4.69, 9.17) is 22.1 Å². The minimum Gasteiger partial charge on any atom is -0.512 e. The van der Waals surface area contributed by atoms with Crippen molar-refractivity contribution in [2.75, 3.05) is 0 Å². The summed E-state index contributed by atoms with van der Waals surface area (Å²) in [5.41, 5.74) is -0.276. The largest absolute Gasteiger partial charge is 0.512 e.